The van der Waals surface area contributed by atoms with Crippen molar-refractivity contribution in [1.29, 1.82) is 0 Å². The molecule has 0 bridgehead atoms. The summed E-state index contributed by atoms with van der Waals surface area (Å²) in [4.78, 5) is 16.2. The van der Waals surface area contributed by atoms with Crippen LogP contribution in [-0.4, -0.2) is 18.1 Å². The number of nitrogens with zero attached hydrogens (tertiary/aromatic N) is 1. The molecular weight excluding hydrogens is 238 g/mol. The molecule has 19 heavy (non-hydrogen) atoms. The lowest BCUT2D eigenvalue weighted by Crippen LogP contribution is -2.00. The van der Waals surface area contributed by atoms with Gasteiger partial charge in [0.2, 0.25) is 0 Å². The van der Waals surface area contributed by atoms with Gasteiger partial charge in [-0.3, -0.25) is 0 Å². The van der Waals surface area contributed by atoms with E-state index in [-0.39, 0.29) is 5.97 Å². The van der Waals surface area contributed by atoms with Gasteiger partial charge in [-0.25, -0.2) is 9.78 Å². The van der Waals surface area contributed by atoms with Crippen molar-refractivity contribution in [3.63, 3.8) is 0 Å². The maximum atomic E-state index is 11.5. The molecule has 3 heteroatoms. The highest BCUT2D eigenvalue weighted by atomic mass is 16.5. The van der Waals surface area contributed by atoms with Crippen LogP contribution in [0, 0.1) is 6.92 Å². The maximum absolute atomic E-state index is 11.5. The Labute approximate surface area is 110 Å². The first-order valence-electron chi connectivity index (χ1n) is 6.07. The van der Waals surface area contributed by atoms with Gasteiger partial charge in [0, 0.05) is 10.8 Å². The zero-order valence-electron chi connectivity index (χ0n) is 10.8. The Morgan fingerprint density at radius 1 is 1.11 bits per heavy atom. The number of rotatable bonds is 1. The van der Waals surface area contributed by atoms with Gasteiger partial charge in [-0.2, -0.15) is 0 Å². The minimum atomic E-state index is -0.339. The molecule has 2 aromatic carbocycles. The van der Waals surface area contributed by atoms with Crippen LogP contribution in [0.3, 0.4) is 0 Å². The highest BCUT2D eigenvalue weighted by Crippen LogP contribution is 2.23. The van der Waals surface area contributed by atoms with Crippen LogP contribution in [0.25, 0.3) is 21.8 Å². The SMILES string of the molecule is COC(=O)c1ccc2cc3cccc(C)c3nc2c1. The van der Waals surface area contributed by atoms with E-state index >= 15 is 0 Å². The molecule has 94 valence electrons. The molecule has 1 heterocycles. The van der Waals surface area contributed by atoms with E-state index < -0.39 is 0 Å². The largest absolute Gasteiger partial charge is 0.465 e. The molecule has 0 spiro atoms. The molecule has 0 unspecified atom stereocenters. The smallest absolute Gasteiger partial charge is 0.337 e. The lowest BCUT2D eigenvalue weighted by atomic mass is 10.1. The summed E-state index contributed by atoms with van der Waals surface area (Å²) < 4.78 is 4.73. The molecule has 0 saturated heterocycles. The first-order chi connectivity index (χ1) is 9.19. The molecular formula is C16H13NO2. The number of ether oxygens (including phenoxy) is 1. The normalized spacial score (nSPS) is 10.8. The van der Waals surface area contributed by atoms with Crippen molar-refractivity contribution < 1.29 is 9.53 Å². The second kappa shape index (κ2) is 4.35. The molecule has 0 N–H and O–H groups in total. The zero-order chi connectivity index (χ0) is 13.4. The topological polar surface area (TPSA) is 39.2 Å². The third-order valence-electron chi connectivity index (χ3n) is 3.26. The summed E-state index contributed by atoms with van der Waals surface area (Å²) in [5, 5.41) is 2.13. The number of hydrogen-bond donors (Lipinski definition) is 0. The highest BCUT2D eigenvalue weighted by Gasteiger charge is 2.08. The van der Waals surface area contributed by atoms with Crippen LogP contribution in [0.5, 0.6) is 0 Å². The summed E-state index contributed by atoms with van der Waals surface area (Å²) in [5.74, 6) is -0.339. The summed E-state index contributed by atoms with van der Waals surface area (Å²) in [7, 11) is 1.38. The minimum absolute atomic E-state index is 0.339. The zero-order valence-corrected chi connectivity index (χ0v) is 10.8. The lowest BCUT2D eigenvalue weighted by molar-refractivity contribution is 0.0601. The number of methoxy groups -OCH3 is 1. The Hall–Kier alpha value is -2.42. The number of carbonyl (C=O) groups excluding carboxylic acids is 1. The van der Waals surface area contributed by atoms with Crippen molar-refractivity contribution >= 4 is 27.8 Å². The van der Waals surface area contributed by atoms with E-state index in [1.165, 1.54) is 7.11 Å². The van der Waals surface area contributed by atoms with E-state index in [4.69, 9.17) is 4.74 Å². The van der Waals surface area contributed by atoms with Crippen LogP contribution in [0.15, 0.2) is 42.5 Å². The fourth-order valence-electron chi connectivity index (χ4n) is 2.25. The highest BCUT2D eigenvalue weighted by molar-refractivity contribution is 5.98. The van der Waals surface area contributed by atoms with Crippen molar-refractivity contribution in [3.8, 4) is 0 Å². The molecule has 0 atom stereocenters. The quantitative estimate of drug-likeness (QED) is 0.491. The third kappa shape index (κ3) is 1.93. The number of aromatic nitrogens is 1. The standard InChI is InChI=1S/C16H13NO2/c1-10-4-3-5-12-8-11-6-7-13(16(18)19-2)9-14(11)17-15(10)12/h3-9H,1-2H3. The molecule has 3 rings (SSSR count). The van der Waals surface area contributed by atoms with Gasteiger partial charge < -0.3 is 4.74 Å². The predicted molar refractivity (Wildman–Crippen MR) is 75.3 cm³/mol. The first-order valence-corrected chi connectivity index (χ1v) is 6.07. The first kappa shape index (κ1) is 11.7. The van der Waals surface area contributed by atoms with Gasteiger partial charge in [-0.05, 0) is 30.7 Å². The Morgan fingerprint density at radius 2 is 1.95 bits per heavy atom. The lowest BCUT2D eigenvalue weighted by Gasteiger charge is -2.05. The van der Waals surface area contributed by atoms with E-state index in [2.05, 4.69) is 11.1 Å². The van der Waals surface area contributed by atoms with Crippen LogP contribution in [0.1, 0.15) is 15.9 Å². The van der Waals surface area contributed by atoms with Gasteiger partial charge >= 0.3 is 5.97 Å². The molecule has 0 fully saturated rings. The van der Waals surface area contributed by atoms with Gasteiger partial charge in [0.15, 0.2) is 0 Å². The Morgan fingerprint density at radius 3 is 2.74 bits per heavy atom. The Bertz CT molecular complexity index is 793. The van der Waals surface area contributed by atoms with Crippen molar-refractivity contribution in [2.75, 3.05) is 7.11 Å². The maximum Gasteiger partial charge on any atom is 0.337 e. The number of aryl methyl sites for hydroxylation is 1. The molecule has 3 nitrogen and oxygen atoms in total. The van der Waals surface area contributed by atoms with Crippen LogP contribution in [0.4, 0.5) is 0 Å². The molecule has 0 aliphatic carbocycles. The summed E-state index contributed by atoms with van der Waals surface area (Å²) >= 11 is 0. The van der Waals surface area contributed by atoms with Crippen molar-refractivity contribution in [3.05, 3.63) is 53.6 Å². The average molecular weight is 251 g/mol. The number of hydrogen-bond acceptors (Lipinski definition) is 3. The van der Waals surface area contributed by atoms with Crippen LogP contribution >= 0.6 is 0 Å². The Kier molecular flexibility index (Phi) is 2.67. The monoisotopic (exact) mass is 251 g/mol. The van der Waals surface area contributed by atoms with E-state index in [1.54, 1.807) is 12.1 Å². The minimum Gasteiger partial charge on any atom is -0.465 e. The van der Waals surface area contributed by atoms with Gasteiger partial charge in [0.1, 0.15) is 0 Å². The van der Waals surface area contributed by atoms with E-state index in [9.17, 15) is 4.79 Å². The van der Waals surface area contributed by atoms with Crippen molar-refractivity contribution in [2.24, 2.45) is 0 Å². The van der Waals surface area contributed by atoms with Crippen LogP contribution in [0.2, 0.25) is 0 Å². The van der Waals surface area contributed by atoms with Gasteiger partial charge in [0.05, 0.1) is 23.7 Å². The molecule has 0 radical (unpaired) electrons. The summed E-state index contributed by atoms with van der Waals surface area (Å²) in [6.07, 6.45) is 0. The number of benzene rings is 2. The molecule has 0 amide bonds. The fourth-order valence-corrected chi connectivity index (χ4v) is 2.25. The van der Waals surface area contributed by atoms with Crippen molar-refractivity contribution in [1.82, 2.24) is 4.98 Å². The van der Waals surface area contributed by atoms with Crippen molar-refractivity contribution in [2.45, 2.75) is 6.92 Å². The summed E-state index contributed by atoms with van der Waals surface area (Å²) in [5.41, 5.74) is 3.43. The van der Waals surface area contributed by atoms with Crippen LogP contribution < -0.4 is 0 Å². The second-order valence-corrected chi connectivity index (χ2v) is 4.53. The Balaban J connectivity index is 2.30. The second-order valence-electron chi connectivity index (χ2n) is 4.53. The van der Waals surface area contributed by atoms with E-state index in [0.29, 0.717) is 5.56 Å². The van der Waals surface area contributed by atoms with Crippen LogP contribution in [-0.2, 0) is 4.74 Å². The number of para-hydroxylation sites is 1. The predicted octanol–water partition coefficient (Wildman–Crippen LogP) is 3.48. The molecule has 0 saturated carbocycles. The molecule has 0 aliphatic rings. The third-order valence-corrected chi connectivity index (χ3v) is 3.26. The average Bonchev–Trinajstić information content (AvgIpc) is 2.44. The molecule has 0 aliphatic heterocycles. The van der Waals surface area contributed by atoms with Gasteiger partial charge in [0.25, 0.3) is 0 Å². The van der Waals surface area contributed by atoms with Gasteiger partial charge in [-0.15, -0.1) is 0 Å². The van der Waals surface area contributed by atoms with E-state index in [1.807, 2.05) is 31.2 Å². The van der Waals surface area contributed by atoms with E-state index in [0.717, 1.165) is 27.4 Å². The fraction of sp³-hybridized carbons (Fsp3) is 0.125. The number of pyridine rings is 1. The number of fused-ring (bicyclic) bond motifs is 2. The summed E-state index contributed by atoms with van der Waals surface area (Å²) in [6, 6.07) is 13.6. The summed E-state index contributed by atoms with van der Waals surface area (Å²) in [6.45, 7) is 2.03. The number of esters is 1. The number of carbonyl (C=O) groups is 1. The van der Waals surface area contributed by atoms with Gasteiger partial charge in [-0.1, -0.05) is 24.3 Å². The molecule has 1 aromatic heterocycles. The molecule has 3 aromatic rings.